The molecule has 0 spiro atoms. The van der Waals surface area contributed by atoms with Crippen molar-refractivity contribution >= 4 is 15.7 Å². The Balaban J connectivity index is 2.82. The molecule has 0 aromatic rings. The second-order valence-corrected chi connectivity index (χ2v) is 5.98. The normalized spacial score (nSPS) is 33.5. The van der Waals surface area contributed by atoms with Crippen LogP contribution in [0.15, 0.2) is 4.99 Å². The van der Waals surface area contributed by atoms with Gasteiger partial charge in [-0.25, -0.2) is 8.42 Å². The molecule has 2 N–H and O–H groups in total. The van der Waals surface area contributed by atoms with Crippen molar-refractivity contribution < 1.29 is 8.42 Å². The molecule has 1 heterocycles. The van der Waals surface area contributed by atoms with Gasteiger partial charge < -0.3 is 5.73 Å². The predicted molar refractivity (Wildman–Crippen MR) is 53.6 cm³/mol. The minimum absolute atomic E-state index is 0.140. The van der Waals surface area contributed by atoms with Gasteiger partial charge in [0.2, 0.25) is 0 Å². The predicted octanol–water partition coefficient (Wildman–Crippen LogP) is 0.331. The van der Waals surface area contributed by atoms with Crippen molar-refractivity contribution in [2.75, 3.05) is 11.5 Å². The summed E-state index contributed by atoms with van der Waals surface area (Å²) in [5, 5.41) is 0. The zero-order valence-electron chi connectivity index (χ0n) is 8.08. The maximum Gasteiger partial charge on any atom is 0.152 e. The van der Waals surface area contributed by atoms with Gasteiger partial charge in [0, 0.05) is 6.42 Å². The lowest BCUT2D eigenvalue weighted by atomic mass is 10.0. The molecule has 13 heavy (non-hydrogen) atoms. The fourth-order valence-electron chi connectivity index (χ4n) is 1.51. The van der Waals surface area contributed by atoms with Crippen molar-refractivity contribution in [3.05, 3.63) is 0 Å². The van der Waals surface area contributed by atoms with E-state index >= 15 is 0 Å². The molecule has 1 aliphatic rings. The van der Waals surface area contributed by atoms with Gasteiger partial charge in [-0.15, -0.1) is 0 Å². The zero-order chi connectivity index (χ0) is 10.1. The number of sulfone groups is 1. The van der Waals surface area contributed by atoms with E-state index in [4.69, 9.17) is 5.73 Å². The first-order valence-electron chi connectivity index (χ1n) is 4.41. The third-order valence-electron chi connectivity index (χ3n) is 2.26. The van der Waals surface area contributed by atoms with Crippen LogP contribution in [0.4, 0.5) is 0 Å². The van der Waals surface area contributed by atoms with Crippen molar-refractivity contribution in [1.29, 1.82) is 0 Å². The van der Waals surface area contributed by atoms with Crippen LogP contribution in [-0.2, 0) is 9.84 Å². The van der Waals surface area contributed by atoms with Gasteiger partial charge in [-0.3, -0.25) is 4.99 Å². The summed E-state index contributed by atoms with van der Waals surface area (Å²) in [5.74, 6) is 0.921. The van der Waals surface area contributed by atoms with Crippen LogP contribution >= 0.6 is 0 Å². The molecule has 76 valence electrons. The number of amidine groups is 1. The van der Waals surface area contributed by atoms with Gasteiger partial charge in [-0.2, -0.15) is 0 Å². The molecular weight excluding hydrogens is 188 g/mol. The number of nitrogens with two attached hydrogens (primary N) is 1. The number of rotatable bonds is 2. The minimum atomic E-state index is -2.87. The molecule has 1 rings (SSSR count). The lowest BCUT2D eigenvalue weighted by molar-refractivity contribution is 0.532. The van der Waals surface area contributed by atoms with E-state index < -0.39 is 15.4 Å². The zero-order valence-corrected chi connectivity index (χ0v) is 8.89. The maximum absolute atomic E-state index is 11.2. The Labute approximate surface area is 79.1 Å². The van der Waals surface area contributed by atoms with Crippen molar-refractivity contribution in [2.24, 2.45) is 10.7 Å². The fraction of sp³-hybridized carbons (Fsp3) is 0.875. The van der Waals surface area contributed by atoms with Gasteiger partial charge >= 0.3 is 0 Å². The van der Waals surface area contributed by atoms with Gasteiger partial charge in [0.15, 0.2) is 9.84 Å². The van der Waals surface area contributed by atoms with Crippen LogP contribution in [0.1, 0.15) is 26.7 Å². The van der Waals surface area contributed by atoms with Crippen molar-refractivity contribution in [3.8, 4) is 0 Å². The number of aliphatic imine (C=N–C) groups is 1. The molecule has 0 aromatic carbocycles. The molecule has 0 radical (unpaired) electrons. The molecule has 1 aliphatic heterocycles. The van der Waals surface area contributed by atoms with Crippen LogP contribution in [0, 0.1) is 0 Å². The highest BCUT2D eigenvalue weighted by atomic mass is 32.2. The molecule has 1 unspecified atom stereocenters. The van der Waals surface area contributed by atoms with E-state index in [-0.39, 0.29) is 11.5 Å². The molecule has 0 bridgehead atoms. The summed E-state index contributed by atoms with van der Waals surface area (Å²) in [7, 11) is -2.87. The SMILES string of the molecule is CCC(N)=NC1(C)CCS(=O)(=O)C1. The monoisotopic (exact) mass is 204 g/mol. The van der Waals surface area contributed by atoms with Gasteiger partial charge in [-0.05, 0) is 13.3 Å². The Morgan fingerprint density at radius 3 is 2.62 bits per heavy atom. The van der Waals surface area contributed by atoms with Crippen molar-refractivity contribution in [3.63, 3.8) is 0 Å². The minimum Gasteiger partial charge on any atom is -0.387 e. The second kappa shape index (κ2) is 3.29. The van der Waals surface area contributed by atoms with Crippen molar-refractivity contribution in [1.82, 2.24) is 0 Å². The Bertz CT molecular complexity index is 321. The molecule has 1 saturated heterocycles. The van der Waals surface area contributed by atoms with Gasteiger partial charge in [-0.1, -0.05) is 6.92 Å². The highest BCUT2D eigenvalue weighted by Gasteiger charge is 2.38. The molecule has 0 amide bonds. The van der Waals surface area contributed by atoms with Gasteiger partial charge in [0.1, 0.15) is 0 Å². The third-order valence-corrected chi connectivity index (χ3v) is 4.15. The van der Waals surface area contributed by atoms with Crippen LogP contribution in [-0.4, -0.2) is 31.3 Å². The summed E-state index contributed by atoms with van der Waals surface area (Å²) in [6.45, 7) is 3.76. The molecule has 1 atom stereocenters. The summed E-state index contributed by atoms with van der Waals surface area (Å²) >= 11 is 0. The quantitative estimate of drug-likeness (QED) is 0.520. The lowest BCUT2D eigenvalue weighted by Gasteiger charge is -2.16. The van der Waals surface area contributed by atoms with E-state index in [2.05, 4.69) is 4.99 Å². The molecule has 0 saturated carbocycles. The summed E-state index contributed by atoms with van der Waals surface area (Å²) in [6.07, 6.45) is 1.27. The van der Waals surface area contributed by atoms with Gasteiger partial charge in [0.25, 0.3) is 0 Å². The van der Waals surface area contributed by atoms with E-state index in [1.807, 2.05) is 13.8 Å². The Hall–Kier alpha value is -0.580. The van der Waals surface area contributed by atoms with Crippen LogP contribution < -0.4 is 5.73 Å². The average molecular weight is 204 g/mol. The Morgan fingerprint density at radius 2 is 2.23 bits per heavy atom. The van der Waals surface area contributed by atoms with E-state index in [1.54, 1.807) is 0 Å². The summed E-state index contributed by atoms with van der Waals surface area (Å²) in [4.78, 5) is 4.24. The molecular formula is C8H16N2O2S. The van der Waals surface area contributed by atoms with E-state index in [0.717, 1.165) is 0 Å². The highest BCUT2D eigenvalue weighted by Crippen LogP contribution is 2.26. The first-order chi connectivity index (χ1) is 5.87. The Kier molecular flexibility index (Phi) is 2.66. The third kappa shape index (κ3) is 2.69. The summed E-state index contributed by atoms with van der Waals surface area (Å²) in [5.41, 5.74) is 5.11. The van der Waals surface area contributed by atoms with E-state index in [9.17, 15) is 8.42 Å². The smallest absolute Gasteiger partial charge is 0.152 e. The number of hydrogen-bond donors (Lipinski definition) is 1. The largest absolute Gasteiger partial charge is 0.387 e. The number of hydrogen-bond acceptors (Lipinski definition) is 3. The highest BCUT2D eigenvalue weighted by molar-refractivity contribution is 7.91. The molecule has 1 fully saturated rings. The lowest BCUT2D eigenvalue weighted by Crippen LogP contribution is -2.27. The number of nitrogens with zero attached hydrogens (tertiary/aromatic N) is 1. The maximum atomic E-state index is 11.2. The van der Waals surface area contributed by atoms with Crippen LogP contribution in [0.25, 0.3) is 0 Å². The van der Waals surface area contributed by atoms with Crippen LogP contribution in [0.2, 0.25) is 0 Å². The first-order valence-corrected chi connectivity index (χ1v) is 6.24. The Morgan fingerprint density at radius 1 is 1.62 bits per heavy atom. The first kappa shape index (κ1) is 10.5. The van der Waals surface area contributed by atoms with Gasteiger partial charge in [0.05, 0.1) is 22.9 Å². The van der Waals surface area contributed by atoms with E-state index in [1.165, 1.54) is 0 Å². The van der Waals surface area contributed by atoms with Crippen LogP contribution in [0.5, 0.6) is 0 Å². The topological polar surface area (TPSA) is 72.5 Å². The van der Waals surface area contributed by atoms with Crippen LogP contribution in [0.3, 0.4) is 0 Å². The molecule has 0 aromatic heterocycles. The van der Waals surface area contributed by atoms with E-state index in [0.29, 0.717) is 18.7 Å². The second-order valence-electron chi connectivity index (χ2n) is 3.80. The summed E-state index contributed by atoms with van der Waals surface area (Å²) < 4.78 is 22.4. The fourth-order valence-corrected chi connectivity index (χ4v) is 3.56. The standard InChI is InChI=1S/C8H16N2O2S/c1-3-7(9)10-8(2)4-5-13(11,12)6-8/h3-6H2,1-2H3,(H2,9,10). The average Bonchev–Trinajstić information content (AvgIpc) is 2.25. The molecule has 0 aliphatic carbocycles. The summed E-state index contributed by atoms with van der Waals surface area (Å²) in [6, 6.07) is 0. The van der Waals surface area contributed by atoms with Crippen molar-refractivity contribution in [2.45, 2.75) is 32.2 Å². The molecule has 5 heteroatoms. The molecule has 4 nitrogen and oxygen atoms in total.